The lowest BCUT2D eigenvalue weighted by atomic mass is 9.89. The van der Waals surface area contributed by atoms with Crippen molar-refractivity contribution >= 4 is 6.08 Å². The molecule has 1 saturated heterocycles. The van der Waals surface area contributed by atoms with Crippen molar-refractivity contribution in [3.63, 3.8) is 0 Å². The fourth-order valence-corrected chi connectivity index (χ4v) is 4.57. The van der Waals surface area contributed by atoms with Crippen molar-refractivity contribution in [3.05, 3.63) is 94.8 Å². The molecule has 36 heavy (non-hydrogen) atoms. The molecule has 1 fully saturated rings. The fraction of sp³-hybridized carbons (Fsp3) is 0.310. The van der Waals surface area contributed by atoms with Crippen LogP contribution >= 0.6 is 0 Å². The van der Waals surface area contributed by atoms with Gasteiger partial charge < -0.3 is 9.47 Å². The van der Waals surface area contributed by atoms with Crippen LogP contribution in [0, 0.1) is 35.0 Å². The summed E-state index contributed by atoms with van der Waals surface area (Å²) in [6, 6.07) is 9.93. The molecule has 190 valence electrons. The molecule has 0 aliphatic carbocycles. The predicted octanol–water partition coefficient (Wildman–Crippen LogP) is 8.19. The van der Waals surface area contributed by atoms with Gasteiger partial charge in [-0.2, -0.15) is 4.39 Å². The molecule has 0 aromatic heterocycles. The van der Waals surface area contributed by atoms with Gasteiger partial charge in [0.1, 0.15) is 5.82 Å². The molecule has 1 aliphatic rings. The monoisotopic (exact) mass is 502 g/mol. The van der Waals surface area contributed by atoms with Crippen LogP contribution in [0.1, 0.15) is 49.0 Å². The Balaban J connectivity index is 1.40. The molecule has 7 heteroatoms. The molecule has 4 rings (SSSR count). The quantitative estimate of drug-likeness (QED) is 0.289. The average Bonchev–Trinajstić information content (AvgIpc) is 2.89. The van der Waals surface area contributed by atoms with E-state index in [1.165, 1.54) is 30.3 Å². The maximum Gasteiger partial charge on any atom is 0.201 e. The van der Waals surface area contributed by atoms with Crippen molar-refractivity contribution in [1.29, 1.82) is 0 Å². The van der Waals surface area contributed by atoms with E-state index in [0.717, 1.165) is 6.42 Å². The minimum Gasteiger partial charge on any atom is -0.491 e. The molecule has 1 heterocycles. The molecule has 2 atom stereocenters. The highest BCUT2D eigenvalue weighted by atomic mass is 19.2. The number of ether oxygens (including phenoxy) is 2. The van der Waals surface area contributed by atoms with Crippen molar-refractivity contribution < 1.29 is 31.4 Å². The first-order chi connectivity index (χ1) is 17.3. The zero-order valence-corrected chi connectivity index (χ0v) is 19.9. The van der Waals surface area contributed by atoms with Crippen molar-refractivity contribution in [3.8, 4) is 16.9 Å². The molecule has 2 unspecified atom stereocenters. The molecular formula is C29H27F5O2. The third kappa shape index (κ3) is 5.31. The number of hydrogen-bond acceptors (Lipinski definition) is 2. The van der Waals surface area contributed by atoms with Crippen molar-refractivity contribution in [2.24, 2.45) is 5.92 Å². The second-order valence-electron chi connectivity index (χ2n) is 8.86. The van der Waals surface area contributed by atoms with Crippen LogP contribution in [0.15, 0.2) is 49.0 Å². The van der Waals surface area contributed by atoms with Crippen molar-refractivity contribution in [1.82, 2.24) is 0 Å². The van der Waals surface area contributed by atoms with Gasteiger partial charge in [0.05, 0.1) is 19.3 Å². The second-order valence-corrected chi connectivity index (χ2v) is 8.86. The van der Waals surface area contributed by atoms with Gasteiger partial charge >= 0.3 is 0 Å². The van der Waals surface area contributed by atoms with Crippen LogP contribution in [0.4, 0.5) is 22.0 Å². The van der Waals surface area contributed by atoms with E-state index in [1.54, 1.807) is 25.1 Å². The summed E-state index contributed by atoms with van der Waals surface area (Å²) in [7, 11) is 0. The Morgan fingerprint density at radius 3 is 2.28 bits per heavy atom. The number of aryl methyl sites for hydroxylation is 1. The van der Waals surface area contributed by atoms with E-state index in [-0.39, 0.29) is 53.3 Å². The first-order valence-corrected chi connectivity index (χ1v) is 12.0. The van der Waals surface area contributed by atoms with Gasteiger partial charge in [0.15, 0.2) is 23.2 Å². The molecule has 3 aromatic carbocycles. The Kier molecular flexibility index (Phi) is 8.09. The smallest absolute Gasteiger partial charge is 0.201 e. The summed E-state index contributed by atoms with van der Waals surface area (Å²) in [6.07, 6.45) is 3.40. The van der Waals surface area contributed by atoms with Gasteiger partial charge in [-0.1, -0.05) is 36.9 Å². The lowest BCUT2D eigenvalue weighted by Gasteiger charge is -2.29. The number of halogens is 5. The third-order valence-electron chi connectivity index (χ3n) is 6.60. The molecule has 2 nitrogen and oxygen atoms in total. The number of hydrogen-bond donors (Lipinski definition) is 0. The second kappa shape index (κ2) is 11.2. The molecular weight excluding hydrogens is 475 g/mol. The van der Waals surface area contributed by atoms with Gasteiger partial charge in [-0.25, -0.2) is 17.6 Å². The maximum atomic E-state index is 14.8. The van der Waals surface area contributed by atoms with Crippen molar-refractivity contribution in [2.45, 2.75) is 38.7 Å². The van der Waals surface area contributed by atoms with E-state index < -0.39 is 23.3 Å². The normalized spacial score (nSPS) is 17.7. The summed E-state index contributed by atoms with van der Waals surface area (Å²) in [4.78, 5) is 0. The van der Waals surface area contributed by atoms with Crippen LogP contribution < -0.4 is 4.74 Å². The summed E-state index contributed by atoms with van der Waals surface area (Å²) in [5.74, 6) is -5.37. The summed E-state index contributed by atoms with van der Waals surface area (Å²) in [5, 5.41) is 0. The predicted molar refractivity (Wildman–Crippen MR) is 129 cm³/mol. The molecule has 0 bridgehead atoms. The molecule has 0 spiro atoms. The minimum absolute atomic E-state index is 0.108. The third-order valence-corrected chi connectivity index (χ3v) is 6.60. The van der Waals surface area contributed by atoms with Crippen LogP contribution in [-0.2, 0) is 11.2 Å². The molecule has 3 aromatic rings. The Labute approximate surface area is 207 Å². The van der Waals surface area contributed by atoms with Gasteiger partial charge in [0.25, 0.3) is 0 Å². The Bertz CT molecular complexity index is 1250. The summed E-state index contributed by atoms with van der Waals surface area (Å²) < 4.78 is 83.6. The first kappa shape index (κ1) is 25.9. The van der Waals surface area contributed by atoms with E-state index in [2.05, 4.69) is 6.58 Å². The zero-order chi connectivity index (χ0) is 25.8. The van der Waals surface area contributed by atoms with Crippen LogP contribution in [0.2, 0.25) is 0 Å². The van der Waals surface area contributed by atoms with E-state index in [1.807, 2.05) is 0 Å². The van der Waals surface area contributed by atoms with Gasteiger partial charge in [0, 0.05) is 16.7 Å². The highest BCUT2D eigenvalue weighted by Crippen LogP contribution is 2.36. The molecule has 0 saturated carbocycles. The SMILES string of the molecule is C=Cc1ccc(C2CCC(CCc3ccc(-c4ccc(OCC)c(F)c4F)c(F)c3F)CO2)c(F)c1. The largest absolute Gasteiger partial charge is 0.491 e. The van der Waals surface area contributed by atoms with Gasteiger partial charge in [-0.05, 0) is 67.9 Å². The fourth-order valence-electron chi connectivity index (χ4n) is 4.57. The molecule has 0 amide bonds. The highest BCUT2D eigenvalue weighted by Gasteiger charge is 2.26. The Morgan fingerprint density at radius 1 is 0.917 bits per heavy atom. The Morgan fingerprint density at radius 2 is 1.64 bits per heavy atom. The number of benzene rings is 3. The van der Waals surface area contributed by atoms with Crippen molar-refractivity contribution in [2.75, 3.05) is 13.2 Å². The van der Waals surface area contributed by atoms with E-state index in [4.69, 9.17) is 9.47 Å². The molecule has 0 N–H and O–H groups in total. The van der Waals surface area contributed by atoms with E-state index in [0.29, 0.717) is 30.6 Å². The summed E-state index contributed by atoms with van der Waals surface area (Å²) >= 11 is 0. The molecule has 0 radical (unpaired) electrons. The van der Waals surface area contributed by atoms with Crippen LogP contribution in [0.25, 0.3) is 17.2 Å². The van der Waals surface area contributed by atoms with Crippen LogP contribution in [0.5, 0.6) is 5.75 Å². The average molecular weight is 503 g/mol. The number of rotatable bonds is 8. The van der Waals surface area contributed by atoms with Crippen LogP contribution in [0.3, 0.4) is 0 Å². The zero-order valence-electron chi connectivity index (χ0n) is 19.9. The van der Waals surface area contributed by atoms with Crippen LogP contribution in [-0.4, -0.2) is 13.2 Å². The lowest BCUT2D eigenvalue weighted by molar-refractivity contribution is -0.0209. The van der Waals surface area contributed by atoms with Gasteiger partial charge in [-0.3, -0.25) is 0 Å². The molecule has 1 aliphatic heterocycles. The standard InChI is InChI=1S/C29H27F5O2/c1-3-17-6-10-22(23(30)15-17)24-13-7-18(16-36-24)5-8-19-9-11-20(27(32)26(19)31)21-12-14-25(35-4-2)29(34)28(21)33/h3,6,9-12,14-15,18,24H,1,4-5,7-8,13,16H2,2H3. The minimum atomic E-state index is -1.29. The topological polar surface area (TPSA) is 18.5 Å². The highest BCUT2D eigenvalue weighted by molar-refractivity contribution is 5.66. The summed E-state index contributed by atoms with van der Waals surface area (Å²) in [6.45, 7) is 5.78. The van der Waals surface area contributed by atoms with E-state index >= 15 is 0 Å². The van der Waals surface area contributed by atoms with Gasteiger partial charge in [0.2, 0.25) is 5.82 Å². The first-order valence-electron chi connectivity index (χ1n) is 12.0. The van der Waals surface area contributed by atoms with Gasteiger partial charge in [-0.15, -0.1) is 0 Å². The maximum absolute atomic E-state index is 14.8. The summed E-state index contributed by atoms with van der Waals surface area (Å²) in [5.41, 5.74) is 0.612. The lowest BCUT2D eigenvalue weighted by Crippen LogP contribution is -2.22. The Hall–Kier alpha value is -3.19. The van der Waals surface area contributed by atoms with E-state index in [9.17, 15) is 22.0 Å².